The smallest absolute Gasteiger partial charge is 0.262 e. The van der Waals surface area contributed by atoms with Gasteiger partial charge in [-0.1, -0.05) is 35.5 Å². The van der Waals surface area contributed by atoms with E-state index in [9.17, 15) is 4.79 Å². The highest BCUT2D eigenvalue weighted by molar-refractivity contribution is 7.99. The summed E-state index contributed by atoms with van der Waals surface area (Å²) in [5, 5.41) is 5.34. The number of fused-ring (bicyclic) bond motifs is 1. The molecule has 1 N–H and O–H groups in total. The first-order valence-electron chi connectivity index (χ1n) is 6.48. The van der Waals surface area contributed by atoms with Crippen molar-refractivity contribution in [3.8, 4) is 5.69 Å². The molecule has 0 atom stereocenters. The number of aromatic amines is 1. The molecule has 6 heteroatoms. The number of aromatic nitrogens is 4. The molecular weight excluding hydrogens is 284 g/mol. The number of aryl methyl sites for hydroxylation is 1. The minimum Gasteiger partial charge on any atom is -0.301 e. The Hall–Kier alpha value is -2.34. The third-order valence-electron chi connectivity index (χ3n) is 3.03. The van der Waals surface area contributed by atoms with Crippen LogP contribution in [0, 0.1) is 6.92 Å². The molecule has 5 nitrogen and oxygen atoms in total. The van der Waals surface area contributed by atoms with Gasteiger partial charge in [0.1, 0.15) is 5.39 Å². The maximum absolute atomic E-state index is 12.1. The van der Waals surface area contributed by atoms with Gasteiger partial charge in [-0.2, -0.15) is 5.10 Å². The molecule has 0 fully saturated rings. The molecule has 0 bridgehead atoms. The van der Waals surface area contributed by atoms with Gasteiger partial charge in [0, 0.05) is 5.75 Å². The number of hydrogen-bond donors (Lipinski definition) is 1. The highest BCUT2D eigenvalue weighted by atomic mass is 32.2. The van der Waals surface area contributed by atoms with Gasteiger partial charge in [-0.25, -0.2) is 9.67 Å². The first-order valence-corrected chi connectivity index (χ1v) is 7.46. The van der Waals surface area contributed by atoms with Gasteiger partial charge in [0.15, 0.2) is 10.8 Å². The molecular formula is C15H14N4OS. The number of nitrogens with zero attached hydrogens (tertiary/aromatic N) is 3. The Morgan fingerprint density at radius 1 is 1.38 bits per heavy atom. The first-order chi connectivity index (χ1) is 10.2. The Morgan fingerprint density at radius 3 is 2.86 bits per heavy atom. The van der Waals surface area contributed by atoms with Crippen LogP contribution in [0.15, 0.2) is 53.1 Å². The highest BCUT2D eigenvalue weighted by Gasteiger charge is 2.11. The summed E-state index contributed by atoms with van der Waals surface area (Å²) in [6.07, 6.45) is 3.31. The lowest BCUT2D eigenvalue weighted by Crippen LogP contribution is -2.09. The van der Waals surface area contributed by atoms with Crippen LogP contribution in [0.1, 0.15) is 5.56 Å². The number of benzene rings is 1. The minimum atomic E-state index is -0.176. The van der Waals surface area contributed by atoms with Gasteiger partial charge in [0.05, 0.1) is 11.9 Å². The largest absolute Gasteiger partial charge is 0.301 e. The van der Waals surface area contributed by atoms with E-state index in [1.807, 2.05) is 31.2 Å². The predicted molar refractivity (Wildman–Crippen MR) is 85.1 cm³/mol. The molecule has 0 aliphatic heterocycles. The molecule has 0 spiro atoms. The Balaban J connectivity index is 2.15. The number of rotatable bonds is 4. The van der Waals surface area contributed by atoms with Crippen LogP contribution in [0.5, 0.6) is 0 Å². The fourth-order valence-corrected chi connectivity index (χ4v) is 2.57. The Morgan fingerprint density at radius 2 is 2.14 bits per heavy atom. The lowest BCUT2D eigenvalue weighted by Gasteiger charge is -2.04. The van der Waals surface area contributed by atoms with Gasteiger partial charge < -0.3 is 4.98 Å². The second-order valence-corrected chi connectivity index (χ2v) is 5.61. The molecule has 0 amide bonds. The van der Waals surface area contributed by atoms with Crippen molar-refractivity contribution in [2.75, 3.05) is 5.75 Å². The van der Waals surface area contributed by atoms with E-state index in [1.54, 1.807) is 17.0 Å². The summed E-state index contributed by atoms with van der Waals surface area (Å²) in [5.74, 6) is 0.688. The van der Waals surface area contributed by atoms with Crippen molar-refractivity contribution in [3.05, 3.63) is 59.0 Å². The van der Waals surface area contributed by atoms with Crippen molar-refractivity contribution in [2.24, 2.45) is 0 Å². The Kier molecular flexibility index (Phi) is 3.62. The van der Waals surface area contributed by atoms with Crippen molar-refractivity contribution in [1.82, 2.24) is 19.7 Å². The van der Waals surface area contributed by atoms with Gasteiger partial charge >= 0.3 is 0 Å². The average molecular weight is 298 g/mol. The van der Waals surface area contributed by atoms with E-state index < -0.39 is 0 Å². The van der Waals surface area contributed by atoms with Crippen LogP contribution in [0.2, 0.25) is 0 Å². The SMILES string of the molecule is C=CCSc1nc2c(cnn2-c2ccc(C)cc2)c(=O)[nH]1. The maximum atomic E-state index is 12.1. The van der Waals surface area contributed by atoms with Crippen LogP contribution in [0.25, 0.3) is 16.7 Å². The van der Waals surface area contributed by atoms with Crippen LogP contribution in [0.3, 0.4) is 0 Å². The molecule has 0 saturated carbocycles. The van der Waals surface area contributed by atoms with E-state index >= 15 is 0 Å². The number of hydrogen-bond acceptors (Lipinski definition) is 4. The molecule has 3 aromatic rings. The van der Waals surface area contributed by atoms with Crippen molar-refractivity contribution in [2.45, 2.75) is 12.1 Å². The van der Waals surface area contributed by atoms with Crippen LogP contribution in [0.4, 0.5) is 0 Å². The standard InChI is InChI=1S/C15H14N4OS/c1-3-8-21-15-17-13-12(14(20)18-15)9-16-19(13)11-6-4-10(2)5-7-11/h3-7,9H,1,8H2,2H3,(H,17,18,20). The summed E-state index contributed by atoms with van der Waals surface area (Å²) >= 11 is 1.43. The molecule has 2 heterocycles. The number of H-pyrrole nitrogens is 1. The van der Waals surface area contributed by atoms with Crippen LogP contribution < -0.4 is 5.56 Å². The summed E-state index contributed by atoms with van der Waals surface area (Å²) in [7, 11) is 0. The van der Waals surface area contributed by atoms with Gasteiger partial charge in [0.2, 0.25) is 0 Å². The molecule has 0 radical (unpaired) electrons. The fourth-order valence-electron chi connectivity index (χ4n) is 1.98. The van der Waals surface area contributed by atoms with Crippen LogP contribution in [-0.2, 0) is 0 Å². The predicted octanol–water partition coefficient (Wildman–Crippen LogP) is 2.70. The summed E-state index contributed by atoms with van der Waals surface area (Å²) in [4.78, 5) is 19.3. The van der Waals surface area contributed by atoms with Crippen molar-refractivity contribution >= 4 is 22.8 Å². The second-order valence-electron chi connectivity index (χ2n) is 4.60. The van der Waals surface area contributed by atoms with E-state index in [-0.39, 0.29) is 5.56 Å². The molecule has 1 aromatic carbocycles. The molecule has 106 valence electrons. The molecule has 21 heavy (non-hydrogen) atoms. The summed E-state index contributed by atoms with van der Waals surface area (Å²) < 4.78 is 1.68. The van der Waals surface area contributed by atoms with E-state index in [1.165, 1.54) is 17.3 Å². The fraction of sp³-hybridized carbons (Fsp3) is 0.133. The second kappa shape index (κ2) is 5.57. The van der Waals surface area contributed by atoms with Crippen molar-refractivity contribution in [1.29, 1.82) is 0 Å². The monoisotopic (exact) mass is 298 g/mol. The number of nitrogens with one attached hydrogen (secondary N) is 1. The average Bonchev–Trinajstić information content (AvgIpc) is 2.90. The third-order valence-corrected chi connectivity index (χ3v) is 3.90. The summed E-state index contributed by atoms with van der Waals surface area (Å²) in [5.41, 5.74) is 2.44. The molecule has 0 aliphatic carbocycles. The van der Waals surface area contributed by atoms with Gasteiger partial charge in [0.25, 0.3) is 5.56 Å². The maximum Gasteiger partial charge on any atom is 0.262 e. The van der Waals surface area contributed by atoms with E-state index in [4.69, 9.17) is 0 Å². The number of thioether (sulfide) groups is 1. The lowest BCUT2D eigenvalue weighted by molar-refractivity contribution is 0.873. The zero-order chi connectivity index (χ0) is 14.8. The first kappa shape index (κ1) is 13.6. The molecule has 0 aliphatic rings. The lowest BCUT2D eigenvalue weighted by atomic mass is 10.2. The molecule has 2 aromatic heterocycles. The zero-order valence-electron chi connectivity index (χ0n) is 11.5. The van der Waals surface area contributed by atoms with Crippen molar-refractivity contribution < 1.29 is 0 Å². The third kappa shape index (κ3) is 2.62. The molecule has 0 saturated heterocycles. The van der Waals surface area contributed by atoms with Crippen LogP contribution >= 0.6 is 11.8 Å². The quantitative estimate of drug-likeness (QED) is 0.457. The Labute approximate surface area is 125 Å². The highest BCUT2D eigenvalue weighted by Crippen LogP contribution is 2.18. The van der Waals surface area contributed by atoms with E-state index in [0.717, 1.165) is 5.69 Å². The Bertz CT molecular complexity index is 848. The summed E-state index contributed by atoms with van der Waals surface area (Å²) in [6, 6.07) is 7.93. The normalized spacial score (nSPS) is 10.9. The van der Waals surface area contributed by atoms with E-state index in [0.29, 0.717) is 21.9 Å². The van der Waals surface area contributed by atoms with Gasteiger partial charge in [-0.05, 0) is 19.1 Å². The topological polar surface area (TPSA) is 63.6 Å². The van der Waals surface area contributed by atoms with E-state index in [2.05, 4.69) is 21.6 Å². The van der Waals surface area contributed by atoms with Gasteiger partial charge in [-0.15, -0.1) is 6.58 Å². The van der Waals surface area contributed by atoms with Crippen molar-refractivity contribution in [3.63, 3.8) is 0 Å². The van der Waals surface area contributed by atoms with Gasteiger partial charge in [-0.3, -0.25) is 4.79 Å². The minimum absolute atomic E-state index is 0.176. The molecule has 0 unspecified atom stereocenters. The summed E-state index contributed by atoms with van der Waals surface area (Å²) in [6.45, 7) is 5.69. The van der Waals surface area contributed by atoms with Crippen LogP contribution in [-0.4, -0.2) is 25.5 Å². The zero-order valence-corrected chi connectivity index (χ0v) is 12.4. The molecule has 3 rings (SSSR count).